The molecule has 23 heavy (non-hydrogen) atoms. The van der Waals surface area contributed by atoms with Gasteiger partial charge in [-0.15, -0.1) is 10.2 Å². The summed E-state index contributed by atoms with van der Waals surface area (Å²) >= 11 is 1.41. The monoisotopic (exact) mass is 334 g/mol. The van der Waals surface area contributed by atoms with Crippen molar-refractivity contribution in [2.45, 2.75) is 38.8 Å². The van der Waals surface area contributed by atoms with E-state index in [0.29, 0.717) is 16.9 Å². The molecule has 1 aromatic heterocycles. The van der Waals surface area contributed by atoms with Crippen LogP contribution >= 0.6 is 11.8 Å². The highest BCUT2D eigenvalue weighted by Crippen LogP contribution is 2.27. The number of nitrogens with one attached hydrogen (secondary N) is 1. The van der Waals surface area contributed by atoms with Gasteiger partial charge in [0.25, 0.3) is 5.91 Å². The number of hydrogen-bond donors (Lipinski definition) is 1. The topological polar surface area (TPSA) is 69.0 Å². The molecule has 1 heterocycles. The molecule has 0 fully saturated rings. The molecule has 0 saturated heterocycles. The summed E-state index contributed by atoms with van der Waals surface area (Å²) < 4.78 is 7.30. The first-order valence-corrected chi connectivity index (χ1v) is 8.64. The zero-order chi connectivity index (χ0) is 17.0. The molecule has 0 spiro atoms. The minimum atomic E-state index is -0.251. The molecule has 1 N–H and O–H groups in total. The van der Waals surface area contributed by atoms with Crippen molar-refractivity contribution >= 4 is 17.7 Å². The van der Waals surface area contributed by atoms with Crippen molar-refractivity contribution in [1.82, 2.24) is 14.9 Å². The first-order valence-electron chi connectivity index (χ1n) is 7.41. The van der Waals surface area contributed by atoms with E-state index in [1.807, 2.05) is 31.4 Å². The molecule has 0 radical (unpaired) electrons. The average molecular weight is 334 g/mol. The number of amides is 1. The second-order valence-corrected chi connectivity index (χ2v) is 6.36. The average Bonchev–Trinajstić information content (AvgIpc) is 2.85. The number of rotatable bonds is 6. The summed E-state index contributed by atoms with van der Waals surface area (Å²) in [6, 6.07) is 6.05. The number of benzene rings is 1. The van der Waals surface area contributed by atoms with E-state index >= 15 is 0 Å². The first kappa shape index (κ1) is 17.3. The number of ether oxygens (including phenoxy) is 1. The van der Waals surface area contributed by atoms with Gasteiger partial charge in [0.1, 0.15) is 11.6 Å². The maximum atomic E-state index is 12.1. The van der Waals surface area contributed by atoms with Crippen LogP contribution in [0.2, 0.25) is 0 Å². The second kappa shape index (κ2) is 7.50. The third-order valence-electron chi connectivity index (χ3n) is 3.36. The van der Waals surface area contributed by atoms with Crippen LogP contribution in [0.15, 0.2) is 23.4 Å². The summed E-state index contributed by atoms with van der Waals surface area (Å²) in [5.41, 5.74) is 4.94. The van der Waals surface area contributed by atoms with Crippen LogP contribution in [0, 0.1) is 13.8 Å². The highest BCUT2D eigenvalue weighted by molar-refractivity contribution is 7.98. The van der Waals surface area contributed by atoms with Crippen LogP contribution in [-0.4, -0.2) is 33.6 Å². The van der Waals surface area contributed by atoms with Crippen LogP contribution in [0.25, 0.3) is 0 Å². The quantitative estimate of drug-likeness (QED) is 0.823. The molecule has 6 nitrogen and oxygen atoms in total. The van der Waals surface area contributed by atoms with Gasteiger partial charge in [0.15, 0.2) is 6.61 Å². The minimum absolute atomic E-state index is 0.0609. The van der Waals surface area contributed by atoms with Gasteiger partial charge in [-0.05, 0) is 43.2 Å². The Labute approximate surface area is 140 Å². The van der Waals surface area contributed by atoms with Crippen LogP contribution in [0.3, 0.4) is 0 Å². The number of carbonyl (C=O) groups is 1. The number of thioether (sulfide) groups is 1. The number of aryl methyl sites for hydroxylation is 2. The van der Waals surface area contributed by atoms with Crippen molar-refractivity contribution in [3.63, 3.8) is 0 Å². The third-order valence-corrected chi connectivity index (χ3v) is 3.99. The lowest BCUT2D eigenvalue weighted by Crippen LogP contribution is -2.29. The minimum Gasteiger partial charge on any atom is -0.483 e. The Morgan fingerprint density at radius 2 is 2.09 bits per heavy atom. The lowest BCUT2D eigenvalue weighted by molar-refractivity contribution is -0.119. The molecule has 0 atom stereocenters. The summed E-state index contributed by atoms with van der Waals surface area (Å²) in [7, 11) is 0. The summed E-state index contributed by atoms with van der Waals surface area (Å²) in [6.07, 6.45) is 1.88. The molecule has 0 aliphatic carbocycles. The maximum Gasteiger partial charge on any atom is 0.276 e. The highest BCUT2D eigenvalue weighted by Gasteiger charge is 2.13. The van der Waals surface area contributed by atoms with Gasteiger partial charge in [-0.25, -0.2) is 4.68 Å². The van der Waals surface area contributed by atoms with Gasteiger partial charge in [-0.1, -0.05) is 37.7 Å². The summed E-state index contributed by atoms with van der Waals surface area (Å²) in [6.45, 7) is 7.92. The molecule has 0 bridgehead atoms. The van der Waals surface area contributed by atoms with Crippen molar-refractivity contribution in [1.29, 1.82) is 0 Å². The van der Waals surface area contributed by atoms with E-state index in [9.17, 15) is 4.79 Å². The Bertz CT molecular complexity index is 697. The second-order valence-electron chi connectivity index (χ2n) is 5.59. The lowest BCUT2D eigenvalue weighted by atomic mass is 10.0. The van der Waals surface area contributed by atoms with E-state index < -0.39 is 0 Å². The van der Waals surface area contributed by atoms with Gasteiger partial charge < -0.3 is 4.74 Å². The largest absolute Gasteiger partial charge is 0.483 e. The normalized spacial score (nSPS) is 10.9. The number of aromatic nitrogens is 3. The van der Waals surface area contributed by atoms with Gasteiger partial charge in [0.05, 0.1) is 0 Å². The Kier molecular flexibility index (Phi) is 5.65. The van der Waals surface area contributed by atoms with Crippen molar-refractivity contribution < 1.29 is 9.53 Å². The molecular formula is C16H22N4O2S. The standard InChI is InChI=1S/C16H22N4O2S/c1-10(2)13-7-6-11(3)8-14(13)22-9-15(21)19-20-12(4)17-18-16(20)23-5/h6-8,10H,9H2,1-5H3,(H,19,21). The Hall–Kier alpha value is -2.02. The fraction of sp³-hybridized carbons (Fsp3) is 0.438. The lowest BCUT2D eigenvalue weighted by Gasteiger charge is -2.15. The molecule has 0 unspecified atom stereocenters. The van der Waals surface area contributed by atoms with E-state index in [0.717, 1.165) is 16.9 Å². The van der Waals surface area contributed by atoms with Gasteiger partial charge in [-0.3, -0.25) is 10.2 Å². The third kappa shape index (κ3) is 4.25. The summed E-state index contributed by atoms with van der Waals surface area (Å²) in [5, 5.41) is 8.55. The van der Waals surface area contributed by atoms with E-state index in [2.05, 4.69) is 29.5 Å². The van der Waals surface area contributed by atoms with E-state index in [1.54, 1.807) is 11.6 Å². The fourth-order valence-electron chi connectivity index (χ4n) is 2.15. The molecule has 0 aliphatic rings. The van der Waals surface area contributed by atoms with Gasteiger partial charge in [0, 0.05) is 0 Å². The van der Waals surface area contributed by atoms with Gasteiger partial charge in [0.2, 0.25) is 5.16 Å². The Morgan fingerprint density at radius 3 is 2.74 bits per heavy atom. The van der Waals surface area contributed by atoms with Crippen molar-refractivity contribution in [2.24, 2.45) is 0 Å². The summed E-state index contributed by atoms with van der Waals surface area (Å²) in [4.78, 5) is 12.1. The maximum absolute atomic E-state index is 12.1. The van der Waals surface area contributed by atoms with Crippen LogP contribution in [0.4, 0.5) is 0 Å². The van der Waals surface area contributed by atoms with Gasteiger partial charge in [-0.2, -0.15) is 0 Å². The van der Waals surface area contributed by atoms with Crippen LogP contribution in [0.5, 0.6) is 5.75 Å². The smallest absolute Gasteiger partial charge is 0.276 e. The number of hydrogen-bond acceptors (Lipinski definition) is 5. The first-order chi connectivity index (χ1) is 10.9. The molecule has 124 valence electrons. The van der Waals surface area contributed by atoms with Crippen LogP contribution < -0.4 is 10.2 Å². The van der Waals surface area contributed by atoms with E-state index in [-0.39, 0.29) is 12.5 Å². The van der Waals surface area contributed by atoms with Crippen molar-refractivity contribution in [3.8, 4) is 5.75 Å². The van der Waals surface area contributed by atoms with Crippen molar-refractivity contribution in [3.05, 3.63) is 35.2 Å². The molecule has 0 saturated carbocycles. The number of carbonyl (C=O) groups excluding carboxylic acids is 1. The van der Waals surface area contributed by atoms with E-state index in [4.69, 9.17) is 4.74 Å². The predicted octanol–water partition coefficient (Wildman–Crippen LogP) is 2.89. The molecule has 1 aromatic carbocycles. The molecule has 2 aromatic rings. The summed E-state index contributed by atoms with van der Waals surface area (Å²) in [5.74, 6) is 1.46. The van der Waals surface area contributed by atoms with Crippen LogP contribution in [0.1, 0.15) is 36.7 Å². The predicted molar refractivity (Wildman–Crippen MR) is 91.7 cm³/mol. The van der Waals surface area contributed by atoms with Crippen molar-refractivity contribution in [2.75, 3.05) is 18.3 Å². The molecule has 2 rings (SSSR count). The molecular weight excluding hydrogens is 312 g/mol. The van der Waals surface area contributed by atoms with E-state index in [1.165, 1.54) is 11.8 Å². The molecule has 7 heteroatoms. The number of nitrogens with zero attached hydrogens (tertiary/aromatic N) is 3. The highest BCUT2D eigenvalue weighted by atomic mass is 32.2. The molecule has 0 aliphatic heterocycles. The Morgan fingerprint density at radius 1 is 1.35 bits per heavy atom. The zero-order valence-electron chi connectivity index (χ0n) is 14.1. The fourth-order valence-corrected chi connectivity index (χ4v) is 2.63. The van der Waals surface area contributed by atoms with Gasteiger partial charge >= 0.3 is 0 Å². The molecule has 1 amide bonds. The SMILES string of the molecule is CSc1nnc(C)n1NC(=O)COc1cc(C)ccc1C(C)C. The zero-order valence-corrected chi connectivity index (χ0v) is 14.9. The Balaban J connectivity index is 2.05. The van der Waals surface area contributed by atoms with Crippen LogP contribution in [-0.2, 0) is 4.79 Å².